The van der Waals surface area contributed by atoms with Gasteiger partial charge in [0.2, 0.25) is 5.95 Å². The Hall–Kier alpha value is -3.45. The van der Waals surface area contributed by atoms with Crippen molar-refractivity contribution in [1.29, 1.82) is 0 Å². The van der Waals surface area contributed by atoms with Gasteiger partial charge in [-0.05, 0) is 47.9 Å². The van der Waals surface area contributed by atoms with Crippen LogP contribution in [0.25, 0.3) is 11.1 Å². The molecule has 0 atom stereocenters. The molecule has 7 heteroatoms. The van der Waals surface area contributed by atoms with Gasteiger partial charge in [0.15, 0.2) is 0 Å². The predicted octanol–water partition coefficient (Wildman–Crippen LogP) is 3.42. The normalized spacial score (nSPS) is 13.3. The highest BCUT2D eigenvalue weighted by Gasteiger charge is 2.05. The maximum atomic E-state index is 4.55. The second kappa shape index (κ2) is 8.96. The zero-order valence-corrected chi connectivity index (χ0v) is 15.5. The van der Waals surface area contributed by atoms with Crippen molar-refractivity contribution in [2.45, 2.75) is 6.42 Å². The summed E-state index contributed by atoms with van der Waals surface area (Å²) in [5.74, 6) is 1.39. The van der Waals surface area contributed by atoms with Gasteiger partial charge < -0.3 is 16.1 Å². The molecule has 2 aromatic heterocycles. The molecule has 0 spiro atoms. The Morgan fingerprint density at radius 2 is 1.96 bits per heavy atom. The lowest BCUT2D eigenvalue weighted by Crippen LogP contribution is -2.31. The molecule has 0 saturated heterocycles. The summed E-state index contributed by atoms with van der Waals surface area (Å²) in [6.45, 7) is 2.80. The molecule has 3 aromatic rings. The number of hydrogen-bond donors (Lipinski definition) is 3. The Balaban J connectivity index is 1.34. The second-order valence-corrected chi connectivity index (χ2v) is 6.46. The number of nitrogens with one attached hydrogen (secondary N) is 3. The summed E-state index contributed by atoms with van der Waals surface area (Å²) >= 11 is 0. The average Bonchev–Trinajstić information content (AvgIpc) is 3.26. The fourth-order valence-corrected chi connectivity index (χ4v) is 3.00. The standard InChI is InChI=1S/C21H23N7/c1-4-18(17-6-11-22-12-7-17)16-19(5-1)26-21-24-13-8-20(27-21)23-9-2-14-28-15-3-10-25-28/h1,3-8,10-13,16,25H,2,9,14-15H2,(H2,23,24,26,27). The van der Waals surface area contributed by atoms with Crippen LogP contribution in [0.15, 0.2) is 73.3 Å². The van der Waals surface area contributed by atoms with E-state index in [9.17, 15) is 0 Å². The quantitative estimate of drug-likeness (QED) is 0.522. The van der Waals surface area contributed by atoms with Crippen molar-refractivity contribution in [3.05, 3.63) is 73.3 Å². The van der Waals surface area contributed by atoms with Crippen LogP contribution in [-0.4, -0.2) is 39.6 Å². The Bertz CT molecular complexity index is 919. The fraction of sp³-hybridized carbons (Fsp3) is 0.190. The first-order valence-corrected chi connectivity index (χ1v) is 9.37. The van der Waals surface area contributed by atoms with E-state index in [1.807, 2.05) is 36.5 Å². The van der Waals surface area contributed by atoms with Crippen LogP contribution in [0, 0.1) is 0 Å². The maximum absolute atomic E-state index is 4.55. The van der Waals surface area contributed by atoms with Gasteiger partial charge in [-0.3, -0.25) is 4.98 Å². The van der Waals surface area contributed by atoms with Crippen LogP contribution in [0.4, 0.5) is 17.5 Å². The van der Waals surface area contributed by atoms with Gasteiger partial charge in [-0.25, -0.2) is 9.99 Å². The van der Waals surface area contributed by atoms with E-state index in [0.717, 1.165) is 48.7 Å². The van der Waals surface area contributed by atoms with Crippen LogP contribution in [-0.2, 0) is 0 Å². The fourth-order valence-electron chi connectivity index (χ4n) is 3.00. The number of rotatable bonds is 8. The van der Waals surface area contributed by atoms with Gasteiger partial charge in [0.1, 0.15) is 5.82 Å². The first-order valence-electron chi connectivity index (χ1n) is 9.37. The molecule has 3 heterocycles. The summed E-state index contributed by atoms with van der Waals surface area (Å²) in [6, 6.07) is 14.0. The van der Waals surface area contributed by atoms with Crippen molar-refractivity contribution >= 4 is 17.5 Å². The average molecular weight is 373 g/mol. The van der Waals surface area contributed by atoms with Gasteiger partial charge in [-0.1, -0.05) is 18.2 Å². The van der Waals surface area contributed by atoms with Crippen LogP contribution < -0.4 is 16.1 Å². The van der Waals surface area contributed by atoms with E-state index < -0.39 is 0 Å². The molecule has 0 saturated carbocycles. The molecule has 1 aliphatic heterocycles. The highest BCUT2D eigenvalue weighted by Crippen LogP contribution is 2.23. The number of anilines is 3. The minimum atomic E-state index is 0.572. The molecule has 1 aliphatic rings. The lowest BCUT2D eigenvalue weighted by molar-refractivity contribution is 0.266. The molecule has 28 heavy (non-hydrogen) atoms. The highest BCUT2D eigenvalue weighted by atomic mass is 15.5. The molecule has 0 bridgehead atoms. The molecule has 0 amide bonds. The number of nitrogens with zero attached hydrogens (tertiary/aromatic N) is 4. The van der Waals surface area contributed by atoms with Crippen molar-refractivity contribution < 1.29 is 0 Å². The minimum Gasteiger partial charge on any atom is -0.370 e. The van der Waals surface area contributed by atoms with Crippen LogP contribution in [0.2, 0.25) is 0 Å². The lowest BCUT2D eigenvalue weighted by Gasteiger charge is -2.15. The van der Waals surface area contributed by atoms with Crippen molar-refractivity contribution in [3.8, 4) is 11.1 Å². The van der Waals surface area contributed by atoms with Gasteiger partial charge in [0.25, 0.3) is 0 Å². The summed E-state index contributed by atoms with van der Waals surface area (Å²) in [6.07, 6.45) is 10.5. The van der Waals surface area contributed by atoms with Gasteiger partial charge in [-0.2, -0.15) is 4.98 Å². The largest absolute Gasteiger partial charge is 0.370 e. The number of hydrazine groups is 1. The Morgan fingerprint density at radius 3 is 2.82 bits per heavy atom. The predicted molar refractivity (Wildman–Crippen MR) is 112 cm³/mol. The van der Waals surface area contributed by atoms with Gasteiger partial charge in [0, 0.05) is 50.1 Å². The van der Waals surface area contributed by atoms with Crippen molar-refractivity contribution in [3.63, 3.8) is 0 Å². The topological polar surface area (TPSA) is 78.0 Å². The molecule has 142 valence electrons. The first kappa shape index (κ1) is 17.9. The summed E-state index contributed by atoms with van der Waals surface area (Å²) in [5, 5.41) is 8.82. The maximum Gasteiger partial charge on any atom is 0.229 e. The van der Waals surface area contributed by atoms with Crippen molar-refractivity contribution in [2.75, 3.05) is 30.3 Å². The molecule has 0 fully saturated rings. The minimum absolute atomic E-state index is 0.572. The number of aromatic nitrogens is 3. The van der Waals surface area contributed by atoms with Crippen molar-refractivity contribution in [2.24, 2.45) is 0 Å². The van der Waals surface area contributed by atoms with Crippen LogP contribution in [0.5, 0.6) is 0 Å². The second-order valence-electron chi connectivity index (χ2n) is 6.46. The van der Waals surface area contributed by atoms with Crippen LogP contribution in [0.1, 0.15) is 6.42 Å². The summed E-state index contributed by atoms with van der Waals surface area (Å²) < 4.78 is 0. The molecule has 3 N–H and O–H groups in total. The third-order valence-electron chi connectivity index (χ3n) is 4.40. The van der Waals surface area contributed by atoms with Gasteiger partial charge in [-0.15, -0.1) is 0 Å². The first-order chi connectivity index (χ1) is 13.9. The molecular formula is C21H23N7. The van der Waals surface area contributed by atoms with E-state index in [4.69, 9.17) is 0 Å². The number of benzene rings is 1. The zero-order chi connectivity index (χ0) is 19.0. The van der Waals surface area contributed by atoms with Crippen LogP contribution >= 0.6 is 0 Å². The summed E-state index contributed by atoms with van der Waals surface area (Å²) in [4.78, 5) is 13.0. The Labute approximate surface area is 164 Å². The molecule has 0 unspecified atom stereocenters. The third kappa shape index (κ3) is 4.83. The van der Waals surface area contributed by atoms with E-state index in [0.29, 0.717) is 5.95 Å². The smallest absolute Gasteiger partial charge is 0.229 e. The number of pyridine rings is 1. The zero-order valence-electron chi connectivity index (χ0n) is 15.5. The highest BCUT2D eigenvalue weighted by molar-refractivity contribution is 5.69. The number of hydrogen-bond acceptors (Lipinski definition) is 7. The van der Waals surface area contributed by atoms with E-state index >= 15 is 0 Å². The van der Waals surface area contributed by atoms with Gasteiger partial charge in [0.05, 0.1) is 0 Å². The molecule has 4 rings (SSSR count). The van der Waals surface area contributed by atoms with Gasteiger partial charge >= 0.3 is 0 Å². The molecule has 7 nitrogen and oxygen atoms in total. The molecule has 0 radical (unpaired) electrons. The molecular weight excluding hydrogens is 350 g/mol. The van der Waals surface area contributed by atoms with E-state index in [1.54, 1.807) is 18.6 Å². The summed E-state index contributed by atoms with van der Waals surface area (Å²) in [7, 11) is 0. The Kier molecular flexibility index (Phi) is 5.74. The lowest BCUT2D eigenvalue weighted by atomic mass is 10.1. The molecule has 1 aromatic carbocycles. The summed E-state index contributed by atoms with van der Waals surface area (Å²) in [5.41, 5.74) is 6.38. The SMILES string of the molecule is C1=CNN(CCCNc2ccnc(Nc3cccc(-c4ccncc4)c3)n2)C1. The third-order valence-corrected chi connectivity index (χ3v) is 4.40. The van der Waals surface area contributed by atoms with Crippen molar-refractivity contribution in [1.82, 2.24) is 25.4 Å². The van der Waals surface area contributed by atoms with Crippen LogP contribution in [0.3, 0.4) is 0 Å². The monoisotopic (exact) mass is 373 g/mol. The van der Waals surface area contributed by atoms with E-state index in [2.05, 4.69) is 54.2 Å². The van der Waals surface area contributed by atoms with E-state index in [-0.39, 0.29) is 0 Å². The Morgan fingerprint density at radius 1 is 1.04 bits per heavy atom. The van der Waals surface area contributed by atoms with E-state index in [1.165, 1.54) is 0 Å². The molecule has 0 aliphatic carbocycles.